The minimum atomic E-state index is -3.72. The average Bonchev–Trinajstić information content (AvgIpc) is 2.75. The molecular formula is C22H34N2O4S2. The van der Waals surface area contributed by atoms with Crippen LogP contribution in [-0.2, 0) is 26.0 Å². The molecule has 0 saturated carbocycles. The molecule has 1 fully saturated rings. The fourth-order valence-electron chi connectivity index (χ4n) is 3.63. The van der Waals surface area contributed by atoms with Gasteiger partial charge in [0.05, 0.1) is 18.1 Å². The average molecular weight is 455 g/mol. The molecule has 0 radical (unpaired) electrons. The van der Waals surface area contributed by atoms with Gasteiger partial charge in [-0.25, -0.2) is 8.42 Å². The number of thiocarbonyl (C=S) groups is 1. The number of unbranched alkanes of at least 4 members (excludes halogenated alkanes) is 2. The third-order valence-corrected chi connectivity index (χ3v) is 7.75. The van der Waals surface area contributed by atoms with E-state index < -0.39 is 16.1 Å². The Morgan fingerprint density at radius 1 is 1.23 bits per heavy atom. The number of carbonyl (C=O) groups is 1. The van der Waals surface area contributed by atoms with Gasteiger partial charge in [-0.1, -0.05) is 44.1 Å². The molecular weight excluding hydrogens is 420 g/mol. The summed E-state index contributed by atoms with van der Waals surface area (Å²) in [4.78, 5) is 14.3. The Morgan fingerprint density at radius 3 is 2.50 bits per heavy atom. The van der Waals surface area contributed by atoms with Crippen LogP contribution in [0, 0.1) is 0 Å². The molecule has 1 saturated heterocycles. The van der Waals surface area contributed by atoms with Gasteiger partial charge in [0, 0.05) is 44.0 Å². The van der Waals surface area contributed by atoms with Crippen LogP contribution >= 0.6 is 12.2 Å². The van der Waals surface area contributed by atoms with Crippen LogP contribution in [0.4, 0.5) is 0 Å². The number of morpholine rings is 1. The van der Waals surface area contributed by atoms with E-state index in [1.54, 1.807) is 19.1 Å². The molecule has 2 rings (SSSR count). The molecule has 0 aromatic heterocycles. The Kier molecular flexibility index (Phi) is 10.5. The second kappa shape index (κ2) is 12.6. The third kappa shape index (κ3) is 7.50. The van der Waals surface area contributed by atoms with Crippen molar-refractivity contribution in [3.8, 4) is 0 Å². The Bertz CT molecular complexity index is 775. The van der Waals surface area contributed by atoms with Gasteiger partial charge in [-0.3, -0.25) is 9.69 Å². The summed E-state index contributed by atoms with van der Waals surface area (Å²) in [6, 6.07) is 6.70. The maximum atomic E-state index is 13.4. The lowest BCUT2D eigenvalue weighted by molar-refractivity contribution is -0.113. The standard InChI is InChI=1S/C22H34N2O4S2/c1-3-4-5-6-20-7-9-22(10-8-20)30(26,27)24(19(2)17-21(25)18-29)12-11-23-13-15-28-16-14-23/h7-10,18-19H,3-6,11-17H2,1-2H3/t19-/m1/s1. The normalized spacial score (nSPS) is 16.5. The smallest absolute Gasteiger partial charge is 0.243 e. The molecule has 0 unspecified atom stereocenters. The predicted octanol–water partition coefficient (Wildman–Crippen LogP) is 3.09. The van der Waals surface area contributed by atoms with Gasteiger partial charge >= 0.3 is 0 Å². The molecule has 1 atom stereocenters. The molecule has 168 valence electrons. The first kappa shape index (κ1) is 25.1. The zero-order valence-electron chi connectivity index (χ0n) is 18.1. The summed E-state index contributed by atoms with van der Waals surface area (Å²) in [6.45, 7) is 7.75. The molecule has 0 spiro atoms. The second-order valence-electron chi connectivity index (χ2n) is 7.81. The highest BCUT2D eigenvalue weighted by Crippen LogP contribution is 2.21. The zero-order chi connectivity index (χ0) is 22.0. The van der Waals surface area contributed by atoms with E-state index in [0.29, 0.717) is 26.3 Å². The van der Waals surface area contributed by atoms with Crippen molar-refractivity contribution < 1.29 is 17.9 Å². The predicted molar refractivity (Wildman–Crippen MR) is 124 cm³/mol. The van der Waals surface area contributed by atoms with Crippen LogP contribution in [0.3, 0.4) is 0 Å². The van der Waals surface area contributed by atoms with E-state index in [-0.39, 0.29) is 17.1 Å². The minimum absolute atomic E-state index is 0.0843. The second-order valence-corrected chi connectivity index (χ2v) is 9.93. The minimum Gasteiger partial charge on any atom is -0.379 e. The lowest BCUT2D eigenvalue weighted by Crippen LogP contribution is -2.46. The van der Waals surface area contributed by atoms with Crippen molar-refractivity contribution in [3.05, 3.63) is 29.8 Å². The van der Waals surface area contributed by atoms with Crippen molar-refractivity contribution in [1.82, 2.24) is 9.21 Å². The molecule has 0 amide bonds. The maximum absolute atomic E-state index is 13.4. The van der Waals surface area contributed by atoms with E-state index in [2.05, 4.69) is 11.8 Å². The van der Waals surface area contributed by atoms with E-state index in [0.717, 1.165) is 43.3 Å². The van der Waals surface area contributed by atoms with Crippen molar-refractivity contribution in [2.45, 2.75) is 56.9 Å². The van der Waals surface area contributed by atoms with Crippen molar-refractivity contribution >= 4 is 33.4 Å². The number of benzene rings is 1. The van der Waals surface area contributed by atoms with Crippen LogP contribution in [0.25, 0.3) is 0 Å². The van der Waals surface area contributed by atoms with Crippen molar-refractivity contribution in [2.75, 3.05) is 39.4 Å². The van der Waals surface area contributed by atoms with Gasteiger partial charge in [0.15, 0.2) is 5.78 Å². The lowest BCUT2D eigenvalue weighted by Gasteiger charge is -2.32. The fourth-order valence-corrected chi connectivity index (χ4v) is 5.34. The quantitative estimate of drug-likeness (QED) is 0.337. The molecule has 1 heterocycles. The number of hydrogen-bond donors (Lipinski definition) is 0. The van der Waals surface area contributed by atoms with E-state index in [9.17, 15) is 13.2 Å². The fraction of sp³-hybridized carbons (Fsp3) is 0.636. The van der Waals surface area contributed by atoms with Gasteiger partial charge in [-0.2, -0.15) is 4.31 Å². The number of sulfonamides is 1. The molecule has 0 N–H and O–H groups in total. The Morgan fingerprint density at radius 2 is 1.90 bits per heavy atom. The summed E-state index contributed by atoms with van der Waals surface area (Å²) in [5.74, 6) is -0.227. The third-order valence-electron chi connectivity index (χ3n) is 5.46. The van der Waals surface area contributed by atoms with Crippen molar-refractivity contribution in [2.24, 2.45) is 0 Å². The summed E-state index contributed by atoms with van der Waals surface area (Å²) in [5.41, 5.74) is 1.14. The number of carbonyl (C=O) groups excluding carboxylic acids is 1. The topological polar surface area (TPSA) is 66.9 Å². The van der Waals surface area contributed by atoms with E-state index in [4.69, 9.17) is 17.0 Å². The number of rotatable bonds is 13. The summed E-state index contributed by atoms with van der Waals surface area (Å²) < 4.78 is 33.7. The Hall–Kier alpha value is -1.19. The van der Waals surface area contributed by atoms with Gasteiger partial charge < -0.3 is 4.74 Å². The van der Waals surface area contributed by atoms with Crippen molar-refractivity contribution in [3.63, 3.8) is 0 Å². The lowest BCUT2D eigenvalue weighted by atomic mass is 10.1. The van der Waals surface area contributed by atoms with Crippen LogP contribution in [0.5, 0.6) is 0 Å². The number of ketones is 1. The zero-order valence-corrected chi connectivity index (χ0v) is 19.7. The monoisotopic (exact) mass is 454 g/mol. The first-order chi connectivity index (χ1) is 14.4. The van der Waals surface area contributed by atoms with Gasteiger partial charge in [0.25, 0.3) is 0 Å². The Labute approximate surface area is 186 Å². The molecule has 1 aliphatic heterocycles. The number of aryl methyl sites for hydroxylation is 1. The van der Waals surface area contributed by atoms with Crippen LogP contribution in [-0.4, -0.2) is 74.2 Å². The first-order valence-electron chi connectivity index (χ1n) is 10.8. The number of hydrogen-bond acceptors (Lipinski definition) is 6. The molecule has 8 heteroatoms. The first-order valence-corrected chi connectivity index (χ1v) is 12.7. The molecule has 0 aliphatic carbocycles. The highest BCUT2D eigenvalue weighted by atomic mass is 32.2. The highest BCUT2D eigenvalue weighted by molar-refractivity contribution is 7.89. The van der Waals surface area contributed by atoms with Crippen LogP contribution < -0.4 is 0 Å². The van der Waals surface area contributed by atoms with E-state index in [1.807, 2.05) is 12.1 Å². The van der Waals surface area contributed by atoms with Crippen molar-refractivity contribution in [1.29, 1.82) is 0 Å². The summed E-state index contributed by atoms with van der Waals surface area (Å²) in [5, 5.41) is 1.09. The Balaban J connectivity index is 2.16. The molecule has 1 aromatic carbocycles. The number of Topliss-reactive ketones (excluding diaryl/α,β-unsaturated/α-hetero) is 1. The SMILES string of the molecule is CCCCCc1ccc(S(=O)(=O)N(CCN2CCOCC2)[C@H](C)CC(=O)C=S)cc1. The van der Waals surface area contributed by atoms with E-state index in [1.165, 1.54) is 10.7 Å². The number of ether oxygens (including phenoxy) is 1. The summed E-state index contributed by atoms with van der Waals surface area (Å²) in [7, 11) is -3.72. The summed E-state index contributed by atoms with van der Waals surface area (Å²) in [6.07, 6.45) is 4.46. The van der Waals surface area contributed by atoms with Crippen LogP contribution in [0.2, 0.25) is 0 Å². The molecule has 1 aromatic rings. The van der Waals surface area contributed by atoms with Crippen LogP contribution in [0.15, 0.2) is 29.2 Å². The molecule has 30 heavy (non-hydrogen) atoms. The van der Waals surface area contributed by atoms with E-state index >= 15 is 0 Å². The molecule has 6 nitrogen and oxygen atoms in total. The largest absolute Gasteiger partial charge is 0.379 e. The summed E-state index contributed by atoms with van der Waals surface area (Å²) >= 11 is 4.73. The molecule has 0 bridgehead atoms. The van der Waals surface area contributed by atoms with Gasteiger partial charge in [0.1, 0.15) is 0 Å². The maximum Gasteiger partial charge on any atom is 0.243 e. The van der Waals surface area contributed by atoms with Crippen LogP contribution in [0.1, 0.15) is 45.1 Å². The number of nitrogens with zero attached hydrogens (tertiary/aromatic N) is 2. The molecule has 1 aliphatic rings. The highest BCUT2D eigenvalue weighted by Gasteiger charge is 2.30. The van der Waals surface area contributed by atoms with Gasteiger partial charge in [0.2, 0.25) is 10.0 Å². The van der Waals surface area contributed by atoms with Gasteiger partial charge in [-0.15, -0.1) is 0 Å². The van der Waals surface area contributed by atoms with Gasteiger partial charge in [-0.05, 0) is 37.5 Å².